The highest BCUT2D eigenvalue weighted by atomic mass is 16.4. The summed E-state index contributed by atoms with van der Waals surface area (Å²) in [6.45, 7) is -0.689. The first-order chi connectivity index (χ1) is 21.0. The minimum Gasteiger partial charge on any atom is -0.508 e. The Morgan fingerprint density at radius 3 is 2.16 bits per heavy atom. The van der Waals surface area contributed by atoms with Crippen LogP contribution in [0.4, 0.5) is 0 Å². The van der Waals surface area contributed by atoms with Crippen LogP contribution in [0.1, 0.15) is 24.0 Å². The first-order valence-corrected chi connectivity index (χ1v) is 13.9. The lowest BCUT2D eigenvalue weighted by atomic mass is 10.0. The quantitative estimate of drug-likeness (QED) is 0.0513. The van der Waals surface area contributed by atoms with Crippen LogP contribution in [0.3, 0.4) is 0 Å². The number of nitrogens with one attached hydrogen (secondary N) is 4. The van der Waals surface area contributed by atoms with E-state index in [9.17, 15) is 34.5 Å². The molecule has 2 aromatic carbocycles. The van der Waals surface area contributed by atoms with E-state index in [1.165, 1.54) is 12.1 Å². The Balaban J connectivity index is 1.67. The number of nitrogens with zero attached hydrogens (tertiary/aromatic N) is 1. The van der Waals surface area contributed by atoms with Crippen LogP contribution >= 0.6 is 0 Å². The lowest BCUT2D eigenvalue weighted by molar-refractivity contribution is -0.142. The molecule has 0 saturated carbocycles. The van der Waals surface area contributed by atoms with Crippen LogP contribution in [0, 0.1) is 0 Å². The van der Waals surface area contributed by atoms with E-state index >= 15 is 0 Å². The van der Waals surface area contributed by atoms with Gasteiger partial charge in [-0.1, -0.05) is 30.3 Å². The van der Waals surface area contributed by atoms with Gasteiger partial charge in [0.2, 0.25) is 17.7 Å². The van der Waals surface area contributed by atoms with Crippen molar-refractivity contribution in [1.82, 2.24) is 20.9 Å². The Hall–Kier alpha value is -5.15. The molecular weight excluding hydrogens is 572 g/mol. The Morgan fingerprint density at radius 1 is 0.864 bits per heavy atom. The number of H-pyrrole nitrogens is 1. The minimum atomic E-state index is -1.52. The third-order valence-corrected chi connectivity index (χ3v) is 6.84. The second-order valence-corrected chi connectivity index (χ2v) is 10.2. The van der Waals surface area contributed by atoms with Crippen molar-refractivity contribution in [1.29, 1.82) is 0 Å². The average molecular weight is 611 g/mol. The molecular formula is C29H38N8O7. The zero-order valence-electron chi connectivity index (χ0n) is 23.9. The molecule has 0 spiro atoms. The van der Waals surface area contributed by atoms with E-state index in [0.717, 1.165) is 10.9 Å². The summed E-state index contributed by atoms with van der Waals surface area (Å²) in [5.41, 5.74) is 18.9. The molecule has 44 heavy (non-hydrogen) atoms. The number of fused-ring (bicyclic) bond motifs is 1. The first kappa shape index (κ1) is 33.4. The first-order valence-electron chi connectivity index (χ1n) is 13.9. The van der Waals surface area contributed by atoms with E-state index in [2.05, 4.69) is 25.9 Å². The number of phenolic OH excluding ortho intramolecular Hbond substituents is 1. The van der Waals surface area contributed by atoms with Crippen LogP contribution in [0.2, 0.25) is 0 Å². The number of aliphatic imine (C=N–C) groups is 1. The smallest absolute Gasteiger partial charge is 0.326 e. The number of para-hydroxylation sites is 1. The number of hydrogen-bond donors (Lipinski definition) is 10. The number of carboxylic acids is 1. The van der Waals surface area contributed by atoms with Gasteiger partial charge >= 0.3 is 5.97 Å². The van der Waals surface area contributed by atoms with Gasteiger partial charge in [-0.25, -0.2) is 4.79 Å². The molecule has 15 heteroatoms. The lowest BCUT2D eigenvalue weighted by Gasteiger charge is -2.24. The zero-order chi connectivity index (χ0) is 32.2. The van der Waals surface area contributed by atoms with E-state index < -0.39 is 54.5 Å². The van der Waals surface area contributed by atoms with Crippen LogP contribution < -0.4 is 33.2 Å². The van der Waals surface area contributed by atoms with Gasteiger partial charge in [0.1, 0.15) is 23.9 Å². The molecule has 1 aromatic heterocycles. The van der Waals surface area contributed by atoms with Crippen molar-refractivity contribution in [3.8, 4) is 5.75 Å². The fourth-order valence-electron chi connectivity index (χ4n) is 4.49. The number of guanidine groups is 1. The van der Waals surface area contributed by atoms with Crippen LogP contribution in [0.15, 0.2) is 59.7 Å². The van der Waals surface area contributed by atoms with E-state index in [1.807, 2.05) is 18.2 Å². The van der Waals surface area contributed by atoms with Gasteiger partial charge in [0.05, 0.1) is 12.6 Å². The van der Waals surface area contributed by atoms with E-state index in [1.54, 1.807) is 24.4 Å². The van der Waals surface area contributed by atoms with Crippen LogP contribution in [0.25, 0.3) is 10.9 Å². The number of carboxylic acid groups (broad SMARTS) is 1. The summed E-state index contributed by atoms with van der Waals surface area (Å²) in [6.07, 6.45) is 2.03. The number of aromatic nitrogens is 1. The summed E-state index contributed by atoms with van der Waals surface area (Å²) in [5.74, 6) is -3.79. The number of aromatic hydroxyl groups is 1. The number of phenols is 1. The number of hydrogen-bond acceptors (Lipinski definition) is 8. The molecule has 0 saturated heterocycles. The third-order valence-electron chi connectivity index (χ3n) is 6.84. The number of rotatable bonds is 16. The highest BCUT2D eigenvalue weighted by Gasteiger charge is 2.30. The van der Waals surface area contributed by atoms with E-state index in [-0.39, 0.29) is 43.9 Å². The number of aliphatic carboxylic acids is 1. The van der Waals surface area contributed by atoms with Gasteiger partial charge in [-0.3, -0.25) is 19.4 Å². The number of aliphatic hydroxyl groups is 1. The molecule has 3 rings (SSSR count). The summed E-state index contributed by atoms with van der Waals surface area (Å²) < 4.78 is 0. The van der Waals surface area contributed by atoms with Crippen molar-refractivity contribution in [2.75, 3.05) is 13.2 Å². The highest BCUT2D eigenvalue weighted by molar-refractivity contribution is 5.94. The predicted octanol–water partition coefficient (Wildman–Crippen LogP) is -1.43. The monoisotopic (exact) mass is 610 g/mol. The number of carbonyl (C=O) groups excluding carboxylic acids is 3. The Labute approximate surface area is 252 Å². The number of aliphatic hydroxyl groups excluding tert-OH is 1. The van der Waals surface area contributed by atoms with Gasteiger partial charge in [-0.2, -0.15) is 0 Å². The van der Waals surface area contributed by atoms with Gasteiger partial charge in [-0.05, 0) is 48.6 Å². The van der Waals surface area contributed by atoms with Crippen LogP contribution in [-0.4, -0.2) is 87.3 Å². The topological polar surface area (TPSA) is 271 Å². The second kappa shape index (κ2) is 15.9. The van der Waals surface area contributed by atoms with Crippen molar-refractivity contribution in [2.45, 2.75) is 49.9 Å². The molecule has 3 amide bonds. The maximum Gasteiger partial charge on any atom is 0.326 e. The minimum absolute atomic E-state index is 0.0539. The van der Waals surface area contributed by atoms with Gasteiger partial charge in [0, 0.05) is 30.1 Å². The number of amides is 3. The lowest BCUT2D eigenvalue weighted by Crippen LogP contribution is -2.58. The maximum absolute atomic E-state index is 13.2. The molecule has 0 bridgehead atoms. The fraction of sp³-hybridized carbons (Fsp3) is 0.345. The summed E-state index contributed by atoms with van der Waals surface area (Å²) in [4.78, 5) is 58.0. The molecule has 13 N–H and O–H groups in total. The molecule has 0 radical (unpaired) electrons. The molecule has 0 aliphatic heterocycles. The summed E-state index contributed by atoms with van der Waals surface area (Å²) in [6, 6.07) is 8.28. The van der Waals surface area contributed by atoms with Gasteiger partial charge in [-0.15, -0.1) is 0 Å². The second-order valence-electron chi connectivity index (χ2n) is 10.2. The molecule has 4 atom stereocenters. The fourth-order valence-corrected chi connectivity index (χ4v) is 4.49. The van der Waals surface area contributed by atoms with E-state index in [4.69, 9.17) is 17.2 Å². The van der Waals surface area contributed by atoms with Crippen molar-refractivity contribution in [3.05, 3.63) is 65.9 Å². The Morgan fingerprint density at radius 2 is 1.50 bits per heavy atom. The van der Waals surface area contributed by atoms with Crippen molar-refractivity contribution in [3.63, 3.8) is 0 Å². The highest BCUT2D eigenvalue weighted by Crippen LogP contribution is 2.19. The predicted molar refractivity (Wildman–Crippen MR) is 162 cm³/mol. The molecule has 1 heterocycles. The van der Waals surface area contributed by atoms with Crippen molar-refractivity contribution in [2.24, 2.45) is 22.2 Å². The van der Waals surface area contributed by atoms with Crippen LogP contribution in [-0.2, 0) is 32.0 Å². The number of carbonyl (C=O) groups is 4. The van der Waals surface area contributed by atoms with Crippen molar-refractivity contribution >= 4 is 40.6 Å². The van der Waals surface area contributed by atoms with Crippen LogP contribution in [0.5, 0.6) is 5.75 Å². The normalized spacial score (nSPS) is 13.7. The molecule has 236 valence electrons. The largest absolute Gasteiger partial charge is 0.508 e. The summed E-state index contributed by atoms with van der Waals surface area (Å²) >= 11 is 0. The molecule has 15 nitrogen and oxygen atoms in total. The zero-order valence-corrected chi connectivity index (χ0v) is 23.9. The summed E-state index contributed by atoms with van der Waals surface area (Å²) in [5, 5.41) is 37.3. The molecule has 0 aliphatic carbocycles. The third kappa shape index (κ3) is 9.71. The SMILES string of the molecule is NC(N)=NCCCC(NC(=O)C(N)Cc1ccc(O)cc1)C(=O)NC(CO)C(=O)NC(Cc1c[nH]c2ccccc12)C(=O)O. The number of benzene rings is 2. The standard InChI is InChI=1S/C29H38N8O7/c30-20(12-16-7-9-18(39)10-8-16)25(40)35-22(6-3-11-33-29(31)32)26(41)37-24(15-38)27(42)36-23(28(43)44)13-17-14-34-21-5-2-1-4-19(17)21/h1-2,4-5,7-10,14,20,22-24,34,38-39H,3,6,11-13,15,30H2,(H,35,40)(H,36,42)(H,37,41)(H,43,44)(H4,31,32,33). The van der Waals surface area contributed by atoms with Gasteiger partial charge in [0.15, 0.2) is 5.96 Å². The Bertz CT molecular complexity index is 1470. The van der Waals surface area contributed by atoms with Gasteiger partial charge < -0.3 is 53.5 Å². The number of nitrogens with two attached hydrogens (primary N) is 3. The molecule has 0 aliphatic rings. The molecule has 3 aromatic rings. The molecule has 0 fully saturated rings. The average Bonchev–Trinajstić information content (AvgIpc) is 3.40. The van der Waals surface area contributed by atoms with Gasteiger partial charge in [0.25, 0.3) is 0 Å². The Kier molecular flexibility index (Phi) is 12.1. The van der Waals surface area contributed by atoms with Crippen molar-refractivity contribution < 1.29 is 34.5 Å². The summed E-state index contributed by atoms with van der Waals surface area (Å²) in [7, 11) is 0. The maximum atomic E-state index is 13.2. The number of aromatic amines is 1. The molecule has 4 unspecified atom stereocenters. The van der Waals surface area contributed by atoms with E-state index in [0.29, 0.717) is 11.1 Å².